The van der Waals surface area contributed by atoms with Crippen LogP contribution in [0.4, 0.5) is 4.39 Å². The summed E-state index contributed by atoms with van der Waals surface area (Å²) in [6, 6.07) is 27.6. The van der Waals surface area contributed by atoms with Crippen molar-refractivity contribution in [1.82, 2.24) is 0 Å². The minimum atomic E-state index is -0.523. The largest absolute Gasteiger partial charge is 0.490 e. The van der Waals surface area contributed by atoms with Crippen LogP contribution >= 0.6 is 0 Å². The number of halogens is 1. The molecule has 0 unspecified atom stereocenters. The van der Waals surface area contributed by atoms with Gasteiger partial charge in [0.15, 0.2) is 0 Å². The highest BCUT2D eigenvalue weighted by atomic mass is 19.1. The fourth-order valence-electron chi connectivity index (χ4n) is 4.52. The summed E-state index contributed by atoms with van der Waals surface area (Å²) >= 11 is 0. The lowest BCUT2D eigenvalue weighted by Crippen LogP contribution is -2.15. The molecule has 0 fully saturated rings. The van der Waals surface area contributed by atoms with Crippen molar-refractivity contribution >= 4 is 11.9 Å². The van der Waals surface area contributed by atoms with E-state index in [2.05, 4.69) is 13.2 Å². The number of esters is 2. The monoisotopic (exact) mass is 640 g/mol. The SMILES string of the molecule is C=C(COC)C(=O)OCCOc1ccc(-c2ccc(-c3ccc(-c4ccc(OCCOC(=O)C(=C)COC)cc4)cc3F)cc2)cc1. The molecule has 0 heterocycles. The van der Waals surface area contributed by atoms with E-state index in [0.717, 1.165) is 27.8 Å². The van der Waals surface area contributed by atoms with Crippen molar-refractivity contribution in [2.75, 3.05) is 53.9 Å². The van der Waals surface area contributed by atoms with Crippen LogP contribution in [0.2, 0.25) is 0 Å². The van der Waals surface area contributed by atoms with E-state index in [9.17, 15) is 9.59 Å². The molecule has 0 aliphatic heterocycles. The van der Waals surface area contributed by atoms with Gasteiger partial charge in [-0.15, -0.1) is 0 Å². The van der Waals surface area contributed by atoms with Crippen LogP contribution in [0.25, 0.3) is 33.4 Å². The van der Waals surface area contributed by atoms with Gasteiger partial charge in [0, 0.05) is 19.8 Å². The van der Waals surface area contributed by atoms with E-state index in [-0.39, 0.29) is 56.6 Å². The highest BCUT2D eigenvalue weighted by Crippen LogP contribution is 2.31. The molecule has 244 valence electrons. The molecule has 0 atom stereocenters. The standard InChI is InChI=1S/C38H37FO8/c1-26(24-42-3)37(40)46-21-19-44-33-14-9-29(10-15-33)28-5-7-31(8-6-28)35-18-13-32(23-36(35)39)30-11-16-34(17-12-30)45-20-22-47-38(41)27(2)25-43-4/h5-18,23H,1-2,19-22,24-25H2,3-4H3. The molecule has 0 aliphatic rings. The maximum Gasteiger partial charge on any atom is 0.335 e. The van der Waals surface area contributed by atoms with Crippen LogP contribution < -0.4 is 9.47 Å². The van der Waals surface area contributed by atoms with Crippen molar-refractivity contribution in [2.45, 2.75) is 0 Å². The van der Waals surface area contributed by atoms with Gasteiger partial charge in [-0.25, -0.2) is 14.0 Å². The van der Waals surface area contributed by atoms with E-state index in [1.54, 1.807) is 18.2 Å². The molecule has 0 saturated carbocycles. The minimum absolute atomic E-state index is 0.0767. The maximum atomic E-state index is 15.3. The lowest BCUT2D eigenvalue weighted by molar-refractivity contribution is -0.141. The molecular weight excluding hydrogens is 603 g/mol. The number of hydrogen-bond donors (Lipinski definition) is 0. The van der Waals surface area contributed by atoms with Gasteiger partial charge in [-0.05, 0) is 58.1 Å². The van der Waals surface area contributed by atoms with E-state index in [4.69, 9.17) is 28.4 Å². The van der Waals surface area contributed by atoms with Crippen LogP contribution in [0.15, 0.2) is 115 Å². The topological polar surface area (TPSA) is 89.5 Å². The van der Waals surface area contributed by atoms with Gasteiger partial charge in [-0.1, -0.05) is 73.8 Å². The summed E-state index contributed by atoms with van der Waals surface area (Å²) < 4.78 is 46.5. The van der Waals surface area contributed by atoms with Gasteiger partial charge in [-0.2, -0.15) is 0 Å². The molecule has 0 N–H and O–H groups in total. The first-order chi connectivity index (χ1) is 22.8. The average molecular weight is 641 g/mol. The molecule has 0 aliphatic carbocycles. The van der Waals surface area contributed by atoms with Crippen molar-refractivity contribution in [3.63, 3.8) is 0 Å². The van der Waals surface area contributed by atoms with Crippen molar-refractivity contribution in [3.05, 3.63) is 121 Å². The van der Waals surface area contributed by atoms with Gasteiger partial charge >= 0.3 is 11.9 Å². The van der Waals surface area contributed by atoms with Crippen LogP contribution in [0.5, 0.6) is 11.5 Å². The van der Waals surface area contributed by atoms with Crippen LogP contribution in [-0.2, 0) is 28.5 Å². The molecule has 0 saturated heterocycles. The van der Waals surface area contributed by atoms with E-state index in [0.29, 0.717) is 17.1 Å². The molecule has 8 nitrogen and oxygen atoms in total. The van der Waals surface area contributed by atoms with E-state index < -0.39 is 11.9 Å². The number of ether oxygens (including phenoxy) is 6. The van der Waals surface area contributed by atoms with Gasteiger partial charge < -0.3 is 28.4 Å². The Morgan fingerprint density at radius 3 is 1.36 bits per heavy atom. The molecular formula is C38H37FO8. The van der Waals surface area contributed by atoms with E-state index in [1.807, 2.05) is 66.7 Å². The van der Waals surface area contributed by atoms with Crippen molar-refractivity contribution < 1.29 is 42.4 Å². The summed E-state index contributed by atoms with van der Waals surface area (Å²) in [5, 5.41) is 0. The Morgan fingerprint density at radius 2 is 0.936 bits per heavy atom. The third-order valence-electron chi connectivity index (χ3n) is 6.93. The van der Waals surface area contributed by atoms with Gasteiger partial charge in [0.1, 0.15) is 43.7 Å². The Morgan fingerprint density at radius 1 is 0.553 bits per heavy atom. The van der Waals surface area contributed by atoms with Crippen LogP contribution in [0, 0.1) is 5.82 Å². The predicted molar refractivity (Wildman–Crippen MR) is 178 cm³/mol. The summed E-state index contributed by atoms with van der Waals surface area (Å²) in [4.78, 5) is 23.5. The minimum Gasteiger partial charge on any atom is -0.490 e. The molecule has 4 aromatic carbocycles. The number of methoxy groups -OCH3 is 2. The summed E-state index contributed by atoms with van der Waals surface area (Å²) in [5.41, 5.74) is 5.26. The maximum absolute atomic E-state index is 15.3. The van der Waals surface area contributed by atoms with Crippen LogP contribution in [0.1, 0.15) is 0 Å². The molecule has 0 radical (unpaired) electrons. The zero-order valence-corrected chi connectivity index (χ0v) is 26.5. The third-order valence-corrected chi connectivity index (χ3v) is 6.93. The fourth-order valence-corrected chi connectivity index (χ4v) is 4.52. The Hall–Kier alpha value is -5.25. The second kappa shape index (κ2) is 17.4. The zero-order chi connectivity index (χ0) is 33.6. The molecule has 0 amide bonds. The lowest BCUT2D eigenvalue weighted by Gasteiger charge is -2.11. The van der Waals surface area contributed by atoms with Gasteiger partial charge in [0.05, 0.1) is 24.4 Å². The van der Waals surface area contributed by atoms with Crippen molar-refractivity contribution in [1.29, 1.82) is 0 Å². The second-order valence-corrected chi connectivity index (χ2v) is 10.4. The number of hydrogen-bond acceptors (Lipinski definition) is 8. The fraction of sp³-hybridized carbons (Fsp3) is 0.211. The molecule has 0 aromatic heterocycles. The lowest BCUT2D eigenvalue weighted by atomic mass is 9.97. The molecule has 4 rings (SSSR count). The highest BCUT2D eigenvalue weighted by Gasteiger charge is 2.11. The Kier molecular flexibility index (Phi) is 12.9. The highest BCUT2D eigenvalue weighted by molar-refractivity contribution is 5.88. The molecule has 9 heteroatoms. The number of rotatable bonds is 17. The molecule has 4 aromatic rings. The average Bonchev–Trinajstić information content (AvgIpc) is 3.09. The number of carbonyl (C=O) groups is 2. The van der Waals surface area contributed by atoms with Gasteiger partial charge in [0.25, 0.3) is 0 Å². The Balaban J connectivity index is 1.28. The summed E-state index contributed by atoms with van der Waals surface area (Å²) in [6.45, 7) is 8.00. The van der Waals surface area contributed by atoms with Crippen LogP contribution in [-0.4, -0.2) is 65.8 Å². The van der Waals surface area contributed by atoms with Gasteiger partial charge in [0.2, 0.25) is 0 Å². The molecule has 47 heavy (non-hydrogen) atoms. The first-order valence-electron chi connectivity index (χ1n) is 14.8. The molecule has 0 spiro atoms. The van der Waals surface area contributed by atoms with E-state index in [1.165, 1.54) is 20.3 Å². The third kappa shape index (κ3) is 10.1. The summed E-state index contributed by atoms with van der Waals surface area (Å²) in [7, 11) is 2.96. The Bertz CT molecular complexity index is 1660. The summed E-state index contributed by atoms with van der Waals surface area (Å²) in [5.74, 6) is -0.121. The van der Waals surface area contributed by atoms with Crippen molar-refractivity contribution in [3.8, 4) is 44.9 Å². The second-order valence-electron chi connectivity index (χ2n) is 10.4. The normalized spacial score (nSPS) is 10.6. The smallest absolute Gasteiger partial charge is 0.335 e. The van der Waals surface area contributed by atoms with Crippen molar-refractivity contribution in [2.24, 2.45) is 0 Å². The first-order valence-corrected chi connectivity index (χ1v) is 14.8. The quantitative estimate of drug-likeness (QED) is 0.0688. The van der Waals surface area contributed by atoms with Crippen LogP contribution in [0.3, 0.4) is 0 Å². The zero-order valence-electron chi connectivity index (χ0n) is 26.5. The van der Waals surface area contributed by atoms with E-state index >= 15 is 4.39 Å². The number of carbonyl (C=O) groups excluding carboxylic acids is 2. The molecule has 0 bridgehead atoms. The predicted octanol–water partition coefficient (Wildman–Crippen LogP) is 7.08. The van der Waals surface area contributed by atoms with Gasteiger partial charge in [-0.3, -0.25) is 0 Å². The Labute approximate surface area is 274 Å². The number of benzene rings is 4. The summed E-state index contributed by atoms with van der Waals surface area (Å²) in [6.07, 6.45) is 0. The first kappa shape index (κ1) is 34.6.